The van der Waals surface area contributed by atoms with Gasteiger partial charge in [-0.05, 0) is 74.3 Å². The van der Waals surface area contributed by atoms with Crippen LogP contribution in [0, 0.1) is 0 Å². The van der Waals surface area contributed by atoms with Gasteiger partial charge in [-0.15, -0.1) is 0 Å². The van der Waals surface area contributed by atoms with Crippen LogP contribution in [0.1, 0.15) is 56.4 Å². The summed E-state index contributed by atoms with van der Waals surface area (Å²) in [7, 11) is 0. The number of rotatable bonds is 9. The zero-order chi connectivity index (χ0) is 27.8. The van der Waals surface area contributed by atoms with E-state index in [1.54, 1.807) is 25.4 Å². The summed E-state index contributed by atoms with van der Waals surface area (Å²) < 4.78 is 17.1. The number of benzene rings is 2. The van der Waals surface area contributed by atoms with Crippen molar-refractivity contribution in [3.05, 3.63) is 83.2 Å². The van der Waals surface area contributed by atoms with Crippen molar-refractivity contribution >= 4 is 34.7 Å². The predicted octanol–water partition coefficient (Wildman–Crippen LogP) is 5.54. The maximum absolute atomic E-state index is 11.8. The number of nitrogens with zero attached hydrogens (tertiary/aromatic N) is 2. The van der Waals surface area contributed by atoms with Crippen LogP contribution in [0.3, 0.4) is 0 Å². The van der Waals surface area contributed by atoms with Crippen LogP contribution in [0.5, 0.6) is 11.5 Å². The van der Waals surface area contributed by atoms with Crippen LogP contribution >= 0.6 is 12.2 Å². The Morgan fingerprint density at radius 2 is 1.90 bits per heavy atom. The molecule has 3 aromatic rings. The van der Waals surface area contributed by atoms with Gasteiger partial charge in [0.15, 0.2) is 11.7 Å². The molecule has 0 bridgehead atoms. The van der Waals surface area contributed by atoms with Crippen molar-refractivity contribution in [3.8, 4) is 11.5 Å². The molecule has 9 heteroatoms. The van der Waals surface area contributed by atoms with Crippen molar-refractivity contribution in [1.82, 2.24) is 10.4 Å². The number of thiocarbonyl (C=S) groups is 1. The fourth-order valence-corrected chi connectivity index (χ4v) is 4.70. The number of carbonyl (C=O) groups excluding carboxylic acids is 1. The predicted molar refractivity (Wildman–Crippen MR) is 156 cm³/mol. The van der Waals surface area contributed by atoms with Gasteiger partial charge in [-0.2, -0.15) is 5.10 Å². The van der Waals surface area contributed by atoms with Crippen LogP contribution in [0.25, 0.3) is 0 Å². The summed E-state index contributed by atoms with van der Waals surface area (Å²) in [6, 6.07) is 15.5. The molecule has 204 valence electrons. The molecule has 2 heterocycles. The molecule has 0 spiro atoms. The van der Waals surface area contributed by atoms with Crippen LogP contribution in [0.2, 0.25) is 0 Å². The largest absolute Gasteiger partial charge is 0.482 e. The highest BCUT2D eigenvalue weighted by Gasteiger charge is 2.37. The first-order valence-electron chi connectivity index (χ1n) is 13.1. The molecule has 2 aromatic carbocycles. The highest BCUT2D eigenvalue weighted by Crippen LogP contribution is 2.40. The van der Waals surface area contributed by atoms with Gasteiger partial charge >= 0.3 is 5.97 Å². The SMILES string of the molecule is CCOC(=O)COc1ccc2c(c1)/C(=N\NC(=S)Nc1c(CC)cccc1CC)C[C@](C)(c1cccnc1)O2. The maximum atomic E-state index is 11.8. The Balaban J connectivity index is 1.63. The highest BCUT2D eigenvalue weighted by molar-refractivity contribution is 7.80. The molecule has 8 nitrogen and oxygen atoms in total. The van der Waals surface area contributed by atoms with E-state index in [9.17, 15) is 4.79 Å². The van der Waals surface area contributed by atoms with E-state index in [-0.39, 0.29) is 6.61 Å². The third-order valence-electron chi connectivity index (χ3n) is 6.57. The van der Waals surface area contributed by atoms with Crippen LogP contribution in [0.15, 0.2) is 66.0 Å². The monoisotopic (exact) mass is 546 g/mol. The number of fused-ring (bicyclic) bond motifs is 1. The number of para-hydroxylation sites is 1. The molecule has 0 fully saturated rings. The molecular formula is C30H34N4O4S. The van der Waals surface area contributed by atoms with Gasteiger partial charge in [0.05, 0.1) is 12.3 Å². The summed E-state index contributed by atoms with van der Waals surface area (Å²) in [6.45, 7) is 8.12. The third kappa shape index (κ3) is 6.72. The zero-order valence-electron chi connectivity index (χ0n) is 22.7. The lowest BCUT2D eigenvalue weighted by Gasteiger charge is -2.36. The summed E-state index contributed by atoms with van der Waals surface area (Å²) in [5, 5.41) is 8.48. The number of hydrazone groups is 1. The molecule has 4 rings (SSSR count). The third-order valence-corrected chi connectivity index (χ3v) is 6.76. The second-order valence-electron chi connectivity index (χ2n) is 9.29. The van der Waals surface area contributed by atoms with Gasteiger partial charge in [-0.25, -0.2) is 4.79 Å². The lowest BCUT2D eigenvalue weighted by molar-refractivity contribution is -0.145. The standard InChI is InChI=1S/C30H34N4O4S/c1-5-20-10-8-11-21(6-2)28(20)32-29(39)34-33-25-17-30(4,22-12-9-15-31-18-22)38-26-14-13-23(16-24(25)26)37-19-27(35)36-7-3/h8-16,18H,5-7,17,19H2,1-4H3,(H2,32,34,39)/b33-25-/t30-/m1/s1. The summed E-state index contributed by atoms with van der Waals surface area (Å²) in [4.78, 5) is 16.1. The molecule has 0 aliphatic carbocycles. The van der Waals surface area contributed by atoms with E-state index in [1.807, 2.05) is 31.2 Å². The average Bonchev–Trinajstić information content (AvgIpc) is 2.95. The molecule has 2 N–H and O–H groups in total. The zero-order valence-corrected chi connectivity index (χ0v) is 23.6. The van der Waals surface area contributed by atoms with Crippen molar-refractivity contribution in [1.29, 1.82) is 0 Å². The van der Waals surface area contributed by atoms with Crippen LogP contribution in [-0.2, 0) is 28.0 Å². The smallest absolute Gasteiger partial charge is 0.344 e. The number of aromatic nitrogens is 1. The van der Waals surface area contributed by atoms with Crippen molar-refractivity contribution < 1.29 is 19.0 Å². The number of ether oxygens (including phenoxy) is 3. The Hall–Kier alpha value is -3.98. The Labute approximate surface area is 234 Å². The lowest BCUT2D eigenvalue weighted by Crippen LogP contribution is -2.38. The summed E-state index contributed by atoms with van der Waals surface area (Å²) in [5.41, 5.74) is 8.14. The number of anilines is 1. The second-order valence-corrected chi connectivity index (χ2v) is 9.69. The molecule has 1 atom stereocenters. The second kappa shape index (κ2) is 12.7. The number of carbonyl (C=O) groups is 1. The van der Waals surface area contributed by atoms with E-state index in [0.717, 1.165) is 35.4 Å². The highest BCUT2D eigenvalue weighted by atomic mass is 32.1. The molecule has 1 aliphatic rings. The fourth-order valence-electron chi connectivity index (χ4n) is 4.55. The van der Waals surface area contributed by atoms with Gasteiger partial charge in [0, 0.05) is 35.6 Å². The van der Waals surface area contributed by atoms with Gasteiger partial charge in [0.2, 0.25) is 0 Å². The van der Waals surface area contributed by atoms with E-state index < -0.39 is 11.6 Å². The summed E-state index contributed by atoms with van der Waals surface area (Å²) in [6.07, 6.45) is 5.75. The molecular weight excluding hydrogens is 512 g/mol. The minimum absolute atomic E-state index is 0.184. The molecule has 0 unspecified atom stereocenters. The molecule has 0 saturated carbocycles. The van der Waals surface area contributed by atoms with E-state index in [2.05, 4.69) is 47.8 Å². The Morgan fingerprint density at radius 1 is 1.13 bits per heavy atom. The number of hydrogen-bond acceptors (Lipinski definition) is 7. The molecule has 0 amide bonds. The van der Waals surface area contributed by atoms with Crippen molar-refractivity contribution in [2.75, 3.05) is 18.5 Å². The molecule has 0 saturated heterocycles. The Kier molecular flexibility index (Phi) is 9.14. The molecule has 1 aromatic heterocycles. The number of pyridine rings is 1. The van der Waals surface area contributed by atoms with Crippen LogP contribution in [0.4, 0.5) is 5.69 Å². The fraction of sp³-hybridized carbons (Fsp3) is 0.333. The van der Waals surface area contributed by atoms with E-state index in [4.69, 9.17) is 31.5 Å². The van der Waals surface area contributed by atoms with Crippen LogP contribution < -0.4 is 20.2 Å². The van der Waals surface area contributed by atoms with Gasteiger partial charge in [0.25, 0.3) is 0 Å². The first-order valence-corrected chi connectivity index (χ1v) is 13.5. The van der Waals surface area contributed by atoms with Gasteiger partial charge < -0.3 is 19.5 Å². The van der Waals surface area contributed by atoms with E-state index in [1.165, 1.54) is 11.1 Å². The van der Waals surface area contributed by atoms with Crippen molar-refractivity contribution in [2.45, 2.75) is 52.6 Å². The molecule has 39 heavy (non-hydrogen) atoms. The topological polar surface area (TPSA) is 94.1 Å². The van der Waals surface area contributed by atoms with E-state index in [0.29, 0.717) is 29.6 Å². The number of aryl methyl sites for hydroxylation is 2. The summed E-state index contributed by atoms with van der Waals surface area (Å²) in [5.74, 6) is 0.717. The Morgan fingerprint density at radius 3 is 2.56 bits per heavy atom. The van der Waals surface area contributed by atoms with Gasteiger partial charge in [-0.1, -0.05) is 38.1 Å². The molecule has 1 aliphatic heterocycles. The number of nitrogens with one attached hydrogen (secondary N) is 2. The van der Waals surface area contributed by atoms with Crippen LogP contribution in [-0.4, -0.2) is 35.0 Å². The summed E-state index contributed by atoms with van der Waals surface area (Å²) >= 11 is 5.64. The van der Waals surface area contributed by atoms with Gasteiger partial charge in [0.1, 0.15) is 17.1 Å². The average molecular weight is 547 g/mol. The first kappa shape index (κ1) is 28.0. The van der Waals surface area contributed by atoms with Gasteiger partial charge in [-0.3, -0.25) is 10.4 Å². The quantitative estimate of drug-likeness (QED) is 0.205. The minimum Gasteiger partial charge on any atom is -0.482 e. The molecule has 0 radical (unpaired) electrons. The van der Waals surface area contributed by atoms with E-state index >= 15 is 0 Å². The number of hydrogen-bond donors (Lipinski definition) is 2. The number of esters is 1. The minimum atomic E-state index is -0.700. The lowest BCUT2D eigenvalue weighted by atomic mass is 9.86. The first-order chi connectivity index (χ1) is 18.9. The van der Waals surface area contributed by atoms with Crippen molar-refractivity contribution in [3.63, 3.8) is 0 Å². The van der Waals surface area contributed by atoms with Crippen molar-refractivity contribution in [2.24, 2.45) is 5.10 Å². The maximum Gasteiger partial charge on any atom is 0.344 e. The normalized spacial score (nSPS) is 17.1. The Bertz CT molecular complexity index is 1340.